The molecule has 2 heteroatoms. The van der Waals surface area contributed by atoms with E-state index in [2.05, 4.69) is 36.1 Å². The van der Waals surface area contributed by atoms with E-state index in [0.29, 0.717) is 0 Å². The minimum Gasteiger partial charge on any atom is -0.393 e. The van der Waals surface area contributed by atoms with Crippen molar-refractivity contribution in [3.05, 3.63) is 29.8 Å². The summed E-state index contributed by atoms with van der Waals surface area (Å²) >= 11 is 0. The van der Waals surface area contributed by atoms with Crippen molar-refractivity contribution >= 4 is 5.69 Å². The van der Waals surface area contributed by atoms with Crippen LogP contribution in [-0.2, 0) is 0 Å². The molecule has 0 bridgehead atoms. The number of nitrogens with zero attached hydrogens (tertiary/aromatic N) is 1. The van der Waals surface area contributed by atoms with Crippen LogP contribution in [0.25, 0.3) is 0 Å². The normalized spacial score (nSPS) is 14.7. The lowest BCUT2D eigenvalue weighted by atomic mass is 9.94. The minimum atomic E-state index is -0.241. The summed E-state index contributed by atoms with van der Waals surface area (Å²) in [5.41, 5.74) is 2.40. The van der Waals surface area contributed by atoms with E-state index in [1.165, 1.54) is 11.3 Å². The number of anilines is 1. The maximum absolute atomic E-state index is 9.75. The van der Waals surface area contributed by atoms with Crippen molar-refractivity contribution in [3.63, 3.8) is 0 Å². The fraction of sp³-hybridized carbons (Fsp3) is 0.538. The van der Waals surface area contributed by atoms with Gasteiger partial charge in [0.15, 0.2) is 0 Å². The van der Waals surface area contributed by atoms with Crippen molar-refractivity contribution in [1.82, 2.24) is 0 Å². The maximum atomic E-state index is 9.75. The largest absolute Gasteiger partial charge is 0.393 e. The first kappa shape index (κ1) is 12.1. The van der Waals surface area contributed by atoms with Gasteiger partial charge in [0.05, 0.1) is 6.10 Å². The minimum absolute atomic E-state index is 0.214. The number of hydrogen-bond acceptors (Lipinski definition) is 2. The van der Waals surface area contributed by atoms with Crippen LogP contribution in [0.5, 0.6) is 0 Å². The van der Waals surface area contributed by atoms with Crippen molar-refractivity contribution in [1.29, 1.82) is 0 Å². The molecule has 0 heterocycles. The Kier molecular flexibility index (Phi) is 4.15. The molecule has 84 valence electrons. The van der Waals surface area contributed by atoms with Gasteiger partial charge in [-0.05, 0) is 24.1 Å². The van der Waals surface area contributed by atoms with Gasteiger partial charge in [0.2, 0.25) is 0 Å². The average molecular weight is 207 g/mol. The standard InChI is InChI=1S/C13H21NO/c1-5-13(15)10(2)11-6-8-12(9-7-11)14(3)4/h6-10,13,15H,5H2,1-4H3. The molecule has 1 aromatic rings. The molecule has 2 nitrogen and oxygen atoms in total. The predicted octanol–water partition coefficient (Wildman–Crippen LogP) is 2.63. The third-order valence-corrected chi connectivity index (χ3v) is 2.93. The van der Waals surface area contributed by atoms with E-state index in [0.717, 1.165) is 6.42 Å². The van der Waals surface area contributed by atoms with Gasteiger partial charge in [-0.25, -0.2) is 0 Å². The monoisotopic (exact) mass is 207 g/mol. The van der Waals surface area contributed by atoms with Crippen molar-refractivity contribution < 1.29 is 5.11 Å². The summed E-state index contributed by atoms with van der Waals surface area (Å²) in [5, 5.41) is 9.75. The Morgan fingerprint density at radius 1 is 1.20 bits per heavy atom. The van der Waals surface area contributed by atoms with Crippen LogP contribution in [-0.4, -0.2) is 25.3 Å². The quantitative estimate of drug-likeness (QED) is 0.820. The van der Waals surface area contributed by atoms with Crippen molar-refractivity contribution in [2.24, 2.45) is 0 Å². The molecule has 0 saturated heterocycles. The molecule has 0 aliphatic rings. The SMILES string of the molecule is CCC(O)C(C)c1ccc(N(C)C)cc1. The van der Waals surface area contributed by atoms with E-state index in [1.54, 1.807) is 0 Å². The van der Waals surface area contributed by atoms with Crippen LogP contribution in [0.4, 0.5) is 5.69 Å². The number of benzene rings is 1. The molecule has 2 unspecified atom stereocenters. The highest BCUT2D eigenvalue weighted by Gasteiger charge is 2.13. The van der Waals surface area contributed by atoms with E-state index >= 15 is 0 Å². The third kappa shape index (κ3) is 2.96. The van der Waals surface area contributed by atoms with Crippen LogP contribution in [0.3, 0.4) is 0 Å². The lowest BCUT2D eigenvalue weighted by Crippen LogP contribution is -2.14. The van der Waals surface area contributed by atoms with Crippen LogP contribution < -0.4 is 4.90 Å². The molecule has 0 aromatic heterocycles. The molecule has 1 N–H and O–H groups in total. The lowest BCUT2D eigenvalue weighted by Gasteiger charge is -2.19. The van der Waals surface area contributed by atoms with Crippen LogP contribution >= 0.6 is 0 Å². The molecule has 0 aliphatic carbocycles. The molecule has 0 aliphatic heterocycles. The van der Waals surface area contributed by atoms with Crippen molar-refractivity contribution in [3.8, 4) is 0 Å². The van der Waals surface area contributed by atoms with Crippen LogP contribution in [0.2, 0.25) is 0 Å². The van der Waals surface area contributed by atoms with Gasteiger partial charge in [-0.15, -0.1) is 0 Å². The van der Waals surface area contributed by atoms with Gasteiger partial charge < -0.3 is 10.0 Å². The second-order valence-corrected chi connectivity index (χ2v) is 4.25. The molecule has 1 rings (SSSR count). The summed E-state index contributed by atoms with van der Waals surface area (Å²) in [6.45, 7) is 4.08. The van der Waals surface area contributed by atoms with Gasteiger partial charge in [0, 0.05) is 25.7 Å². The topological polar surface area (TPSA) is 23.5 Å². The molecule has 2 atom stereocenters. The molecular formula is C13H21NO. The van der Waals surface area contributed by atoms with E-state index in [9.17, 15) is 5.11 Å². The van der Waals surface area contributed by atoms with Gasteiger partial charge >= 0.3 is 0 Å². The summed E-state index contributed by atoms with van der Waals surface area (Å²) in [5.74, 6) is 0.214. The van der Waals surface area contributed by atoms with Gasteiger partial charge in [0.25, 0.3) is 0 Å². The average Bonchev–Trinajstić information content (AvgIpc) is 2.27. The zero-order chi connectivity index (χ0) is 11.4. The van der Waals surface area contributed by atoms with Crippen molar-refractivity contribution in [2.45, 2.75) is 32.3 Å². The first-order valence-corrected chi connectivity index (χ1v) is 5.51. The molecule has 0 radical (unpaired) electrons. The Labute approximate surface area is 92.5 Å². The summed E-state index contributed by atoms with van der Waals surface area (Å²) in [6.07, 6.45) is 0.562. The molecular weight excluding hydrogens is 186 g/mol. The molecule has 1 aromatic carbocycles. The fourth-order valence-electron chi connectivity index (χ4n) is 1.65. The number of aliphatic hydroxyl groups is 1. The summed E-state index contributed by atoms with van der Waals surface area (Å²) < 4.78 is 0. The summed E-state index contributed by atoms with van der Waals surface area (Å²) in [4.78, 5) is 2.07. The Hall–Kier alpha value is -1.02. The lowest BCUT2D eigenvalue weighted by molar-refractivity contribution is 0.145. The predicted molar refractivity (Wildman–Crippen MR) is 65.5 cm³/mol. The van der Waals surface area contributed by atoms with Gasteiger partial charge in [-0.2, -0.15) is 0 Å². The first-order chi connectivity index (χ1) is 7.06. The fourth-order valence-corrected chi connectivity index (χ4v) is 1.65. The first-order valence-electron chi connectivity index (χ1n) is 5.51. The van der Waals surface area contributed by atoms with Gasteiger partial charge in [-0.3, -0.25) is 0 Å². The molecule has 0 amide bonds. The van der Waals surface area contributed by atoms with Gasteiger partial charge in [-0.1, -0.05) is 26.0 Å². The van der Waals surface area contributed by atoms with Crippen LogP contribution in [0, 0.1) is 0 Å². The second kappa shape index (κ2) is 5.17. The smallest absolute Gasteiger partial charge is 0.0603 e. The van der Waals surface area contributed by atoms with E-state index < -0.39 is 0 Å². The van der Waals surface area contributed by atoms with Gasteiger partial charge in [0.1, 0.15) is 0 Å². The summed E-state index contributed by atoms with van der Waals surface area (Å²) in [7, 11) is 4.05. The number of aliphatic hydroxyl groups excluding tert-OH is 1. The zero-order valence-electron chi connectivity index (χ0n) is 10.1. The van der Waals surface area contributed by atoms with E-state index in [-0.39, 0.29) is 12.0 Å². The Balaban J connectivity index is 2.79. The van der Waals surface area contributed by atoms with Crippen LogP contribution in [0.15, 0.2) is 24.3 Å². The Bertz CT molecular complexity index is 292. The second-order valence-electron chi connectivity index (χ2n) is 4.25. The van der Waals surface area contributed by atoms with E-state index in [1.807, 2.05) is 21.0 Å². The molecule has 0 fully saturated rings. The molecule has 0 spiro atoms. The maximum Gasteiger partial charge on any atom is 0.0603 e. The zero-order valence-corrected chi connectivity index (χ0v) is 10.1. The number of rotatable bonds is 4. The Morgan fingerprint density at radius 2 is 1.73 bits per heavy atom. The Morgan fingerprint density at radius 3 is 2.13 bits per heavy atom. The number of hydrogen-bond donors (Lipinski definition) is 1. The highest BCUT2D eigenvalue weighted by molar-refractivity contribution is 5.46. The highest BCUT2D eigenvalue weighted by Crippen LogP contribution is 2.23. The molecule has 15 heavy (non-hydrogen) atoms. The highest BCUT2D eigenvalue weighted by atomic mass is 16.3. The molecule has 0 saturated carbocycles. The van der Waals surface area contributed by atoms with E-state index in [4.69, 9.17) is 0 Å². The summed E-state index contributed by atoms with van der Waals surface area (Å²) in [6, 6.07) is 8.38. The van der Waals surface area contributed by atoms with Crippen LogP contribution in [0.1, 0.15) is 31.7 Å². The van der Waals surface area contributed by atoms with Crippen molar-refractivity contribution in [2.75, 3.05) is 19.0 Å². The third-order valence-electron chi connectivity index (χ3n) is 2.93.